The first-order valence-electron chi connectivity index (χ1n) is 6.46. The Bertz CT molecular complexity index is 711. The lowest BCUT2D eigenvalue weighted by atomic mass is 9.96. The van der Waals surface area contributed by atoms with E-state index in [9.17, 15) is 9.59 Å². The molecule has 3 rings (SSSR count). The van der Waals surface area contributed by atoms with Crippen molar-refractivity contribution in [2.24, 2.45) is 7.05 Å². The van der Waals surface area contributed by atoms with Crippen molar-refractivity contribution in [2.75, 3.05) is 13.1 Å². The Kier molecular flexibility index (Phi) is 2.92. The predicted molar refractivity (Wildman–Crippen MR) is 70.7 cm³/mol. The Morgan fingerprint density at radius 1 is 1.45 bits per heavy atom. The van der Waals surface area contributed by atoms with Crippen LogP contribution in [0.3, 0.4) is 0 Å². The van der Waals surface area contributed by atoms with Crippen molar-refractivity contribution >= 4 is 17.1 Å². The maximum atomic E-state index is 11.9. The molecule has 2 aromatic heterocycles. The second kappa shape index (κ2) is 4.62. The third-order valence-corrected chi connectivity index (χ3v) is 3.76. The fourth-order valence-electron chi connectivity index (χ4n) is 2.55. The van der Waals surface area contributed by atoms with Gasteiger partial charge in [-0.25, -0.2) is 14.5 Å². The quantitative estimate of drug-likeness (QED) is 0.790. The van der Waals surface area contributed by atoms with Gasteiger partial charge in [-0.1, -0.05) is 0 Å². The number of piperidine rings is 1. The van der Waals surface area contributed by atoms with Crippen molar-refractivity contribution in [2.45, 2.75) is 18.8 Å². The second-order valence-electron chi connectivity index (χ2n) is 5.00. The molecule has 20 heavy (non-hydrogen) atoms. The highest BCUT2D eigenvalue weighted by molar-refractivity contribution is 5.72. The summed E-state index contributed by atoms with van der Waals surface area (Å²) in [6.07, 6.45) is 2.12. The minimum Gasteiger partial charge on any atom is -0.465 e. The van der Waals surface area contributed by atoms with Gasteiger partial charge >= 0.3 is 6.09 Å². The molecular formula is C12H15N5O3. The Morgan fingerprint density at radius 2 is 2.15 bits per heavy atom. The van der Waals surface area contributed by atoms with Crippen molar-refractivity contribution < 1.29 is 9.90 Å². The maximum Gasteiger partial charge on any atom is 0.407 e. The Balaban J connectivity index is 1.87. The molecular weight excluding hydrogens is 262 g/mol. The molecule has 0 atom stereocenters. The smallest absolute Gasteiger partial charge is 0.407 e. The molecule has 8 nitrogen and oxygen atoms in total. The SMILES string of the molecule is Cn1ncc2[nH]c(C3CCN(C(=O)O)CC3)nc2c1=O. The minimum absolute atomic E-state index is 0.155. The van der Waals surface area contributed by atoms with E-state index in [4.69, 9.17) is 5.11 Å². The van der Waals surface area contributed by atoms with Crippen LogP contribution >= 0.6 is 0 Å². The van der Waals surface area contributed by atoms with E-state index in [1.807, 2.05) is 0 Å². The first-order chi connectivity index (χ1) is 9.56. The molecule has 0 bridgehead atoms. The fourth-order valence-corrected chi connectivity index (χ4v) is 2.55. The number of aromatic nitrogens is 4. The van der Waals surface area contributed by atoms with Crippen LogP contribution in [0.15, 0.2) is 11.0 Å². The number of hydrogen-bond acceptors (Lipinski definition) is 4. The van der Waals surface area contributed by atoms with Crippen LogP contribution in [0.1, 0.15) is 24.6 Å². The van der Waals surface area contributed by atoms with Gasteiger partial charge in [0, 0.05) is 26.1 Å². The highest BCUT2D eigenvalue weighted by Crippen LogP contribution is 2.26. The van der Waals surface area contributed by atoms with E-state index < -0.39 is 6.09 Å². The molecule has 1 aliphatic rings. The van der Waals surface area contributed by atoms with Crippen molar-refractivity contribution in [3.8, 4) is 0 Å². The molecule has 0 saturated carbocycles. The molecule has 106 valence electrons. The van der Waals surface area contributed by atoms with Crippen LogP contribution in [-0.4, -0.2) is 48.9 Å². The van der Waals surface area contributed by atoms with E-state index in [1.54, 1.807) is 13.2 Å². The van der Waals surface area contributed by atoms with Gasteiger partial charge in [0.2, 0.25) is 0 Å². The number of aryl methyl sites for hydroxylation is 1. The van der Waals surface area contributed by atoms with Crippen molar-refractivity contribution in [1.29, 1.82) is 0 Å². The van der Waals surface area contributed by atoms with E-state index in [-0.39, 0.29) is 11.5 Å². The summed E-state index contributed by atoms with van der Waals surface area (Å²) in [6, 6.07) is 0. The van der Waals surface area contributed by atoms with Gasteiger partial charge in [0.05, 0.1) is 11.7 Å². The normalized spacial score (nSPS) is 16.8. The lowest BCUT2D eigenvalue weighted by Crippen LogP contribution is -2.37. The number of hydrogen-bond donors (Lipinski definition) is 2. The van der Waals surface area contributed by atoms with Crippen molar-refractivity contribution in [1.82, 2.24) is 24.6 Å². The highest BCUT2D eigenvalue weighted by atomic mass is 16.4. The lowest BCUT2D eigenvalue weighted by molar-refractivity contribution is 0.131. The number of aromatic amines is 1. The average molecular weight is 277 g/mol. The maximum absolute atomic E-state index is 11.9. The van der Waals surface area contributed by atoms with Gasteiger partial charge in [-0.3, -0.25) is 4.79 Å². The summed E-state index contributed by atoms with van der Waals surface area (Å²) in [5.74, 6) is 0.901. The molecule has 3 heterocycles. The van der Waals surface area contributed by atoms with Crippen LogP contribution in [-0.2, 0) is 7.05 Å². The number of amides is 1. The topological polar surface area (TPSA) is 104 Å². The van der Waals surface area contributed by atoms with Crippen molar-refractivity contribution in [3.05, 3.63) is 22.4 Å². The number of rotatable bonds is 1. The zero-order valence-corrected chi connectivity index (χ0v) is 11.0. The average Bonchev–Trinajstić information content (AvgIpc) is 2.88. The summed E-state index contributed by atoms with van der Waals surface area (Å²) in [5.41, 5.74) is 0.787. The monoisotopic (exact) mass is 277 g/mol. The summed E-state index contributed by atoms with van der Waals surface area (Å²) in [5, 5.41) is 12.9. The number of likely N-dealkylation sites (tertiary alicyclic amines) is 1. The molecule has 8 heteroatoms. The Hall–Kier alpha value is -2.38. The van der Waals surface area contributed by atoms with Crippen molar-refractivity contribution in [3.63, 3.8) is 0 Å². The standard InChI is InChI=1S/C12H15N5O3/c1-16-11(18)9-8(6-13-16)14-10(15-9)7-2-4-17(5-3-7)12(19)20/h6-7H,2-5H2,1H3,(H,14,15)(H,19,20). The van der Waals surface area contributed by atoms with Gasteiger partial charge < -0.3 is 15.0 Å². The zero-order valence-electron chi connectivity index (χ0n) is 11.0. The van der Waals surface area contributed by atoms with E-state index >= 15 is 0 Å². The van der Waals surface area contributed by atoms with Gasteiger partial charge in [-0.15, -0.1) is 0 Å². The fraction of sp³-hybridized carbons (Fsp3) is 0.500. The number of imidazole rings is 1. The van der Waals surface area contributed by atoms with E-state index in [0.717, 1.165) is 5.82 Å². The van der Waals surface area contributed by atoms with Gasteiger partial charge in [0.15, 0.2) is 5.52 Å². The number of nitrogens with one attached hydrogen (secondary N) is 1. The first kappa shape index (κ1) is 12.6. The van der Waals surface area contributed by atoms with Crippen LogP contribution in [0.25, 0.3) is 11.0 Å². The highest BCUT2D eigenvalue weighted by Gasteiger charge is 2.25. The number of carbonyl (C=O) groups is 1. The number of nitrogens with zero attached hydrogens (tertiary/aromatic N) is 4. The van der Waals surface area contributed by atoms with E-state index in [1.165, 1.54) is 9.58 Å². The Labute approximate surface area is 114 Å². The third-order valence-electron chi connectivity index (χ3n) is 3.76. The number of fused-ring (bicyclic) bond motifs is 1. The molecule has 0 radical (unpaired) electrons. The molecule has 1 saturated heterocycles. The predicted octanol–water partition coefficient (Wildman–Crippen LogP) is 0.514. The molecule has 1 fully saturated rings. The third kappa shape index (κ3) is 2.02. The molecule has 1 aliphatic heterocycles. The van der Waals surface area contributed by atoms with E-state index in [0.29, 0.717) is 37.0 Å². The summed E-state index contributed by atoms with van der Waals surface area (Å²) >= 11 is 0. The molecule has 2 N–H and O–H groups in total. The van der Waals surface area contributed by atoms with Gasteiger partial charge in [-0.2, -0.15) is 5.10 Å². The summed E-state index contributed by atoms with van der Waals surface area (Å²) in [6.45, 7) is 0.987. The summed E-state index contributed by atoms with van der Waals surface area (Å²) < 4.78 is 1.25. The first-order valence-corrected chi connectivity index (χ1v) is 6.46. The van der Waals surface area contributed by atoms with Gasteiger partial charge in [-0.05, 0) is 12.8 Å². The Morgan fingerprint density at radius 3 is 2.80 bits per heavy atom. The largest absolute Gasteiger partial charge is 0.465 e. The van der Waals surface area contributed by atoms with Crippen LogP contribution in [0.2, 0.25) is 0 Å². The molecule has 0 unspecified atom stereocenters. The molecule has 0 aliphatic carbocycles. The molecule has 0 aromatic carbocycles. The number of H-pyrrole nitrogens is 1. The van der Waals surface area contributed by atoms with E-state index in [2.05, 4.69) is 15.1 Å². The molecule has 1 amide bonds. The van der Waals surface area contributed by atoms with Crippen LogP contribution < -0.4 is 5.56 Å². The molecule has 0 spiro atoms. The summed E-state index contributed by atoms with van der Waals surface area (Å²) in [7, 11) is 1.58. The number of carboxylic acid groups (broad SMARTS) is 1. The van der Waals surface area contributed by atoms with Crippen LogP contribution in [0.4, 0.5) is 4.79 Å². The summed E-state index contributed by atoms with van der Waals surface area (Å²) in [4.78, 5) is 31.7. The lowest BCUT2D eigenvalue weighted by Gasteiger charge is -2.28. The van der Waals surface area contributed by atoms with Crippen LogP contribution in [0, 0.1) is 0 Å². The minimum atomic E-state index is -0.883. The molecule has 2 aromatic rings. The van der Waals surface area contributed by atoms with Gasteiger partial charge in [0.25, 0.3) is 5.56 Å². The van der Waals surface area contributed by atoms with Gasteiger partial charge in [0.1, 0.15) is 5.82 Å². The van der Waals surface area contributed by atoms with Crippen LogP contribution in [0.5, 0.6) is 0 Å². The second-order valence-corrected chi connectivity index (χ2v) is 5.00. The zero-order chi connectivity index (χ0) is 14.3.